The molecule has 3 rings (SSSR count). The Morgan fingerprint density at radius 3 is 2.69 bits per heavy atom. The van der Waals surface area contributed by atoms with Crippen LogP contribution < -0.4 is 5.32 Å². The molecule has 2 aliphatic rings. The second kappa shape index (κ2) is 14.7. The molecular weight excluding hydrogens is 476 g/mol. The summed E-state index contributed by atoms with van der Waals surface area (Å²) in [6, 6.07) is 7.53. The van der Waals surface area contributed by atoms with E-state index < -0.39 is 11.7 Å². The van der Waals surface area contributed by atoms with Gasteiger partial charge in [0.15, 0.2) is 0 Å². The average Bonchev–Trinajstić information content (AvgIpc) is 2.91. The van der Waals surface area contributed by atoms with Crippen LogP contribution in [0.3, 0.4) is 0 Å². The Kier molecular flexibility index (Phi) is 12.0. The molecule has 2 fully saturated rings. The maximum Gasteiger partial charge on any atom is 0.223 e. The number of piperidine rings is 1. The van der Waals surface area contributed by atoms with E-state index >= 15 is 0 Å². The van der Waals surface area contributed by atoms with Gasteiger partial charge in [-0.15, -0.1) is 0 Å². The first kappa shape index (κ1) is 29.4. The second-order valence-corrected chi connectivity index (χ2v) is 11.4. The van der Waals surface area contributed by atoms with Gasteiger partial charge >= 0.3 is 0 Å². The predicted octanol–water partition coefficient (Wildman–Crippen LogP) is 4.75. The first-order valence-corrected chi connectivity index (χ1v) is 14.3. The van der Waals surface area contributed by atoms with Crippen LogP contribution in [0, 0.1) is 17.8 Å². The van der Waals surface area contributed by atoms with Crippen molar-refractivity contribution in [2.45, 2.75) is 82.3 Å². The SMILES string of the molecule is CNC[C@@H](CC(=O)N1CCC[C@@H]([C@@](O)(CCCCOC)c2cccc(Cl)c2)C1)[C@@H](O)C1CCCCC1. The molecule has 1 aromatic rings. The summed E-state index contributed by atoms with van der Waals surface area (Å²) >= 11 is 6.31. The first-order chi connectivity index (χ1) is 17.4. The fourth-order valence-corrected chi connectivity index (χ4v) is 6.56. The van der Waals surface area contributed by atoms with Gasteiger partial charge in [-0.25, -0.2) is 0 Å². The van der Waals surface area contributed by atoms with Crippen molar-refractivity contribution >= 4 is 17.5 Å². The van der Waals surface area contributed by atoms with Gasteiger partial charge in [-0.2, -0.15) is 0 Å². The van der Waals surface area contributed by atoms with Crippen molar-refractivity contribution in [3.8, 4) is 0 Å². The Bertz CT molecular complexity index is 803. The molecule has 7 heteroatoms. The molecule has 4 atom stereocenters. The number of aliphatic hydroxyl groups is 2. The van der Waals surface area contributed by atoms with Crippen LogP contribution in [-0.4, -0.2) is 67.5 Å². The molecular formula is C29H47ClN2O4. The topological polar surface area (TPSA) is 82.0 Å². The van der Waals surface area contributed by atoms with E-state index in [9.17, 15) is 15.0 Å². The zero-order chi connectivity index (χ0) is 26.0. The van der Waals surface area contributed by atoms with E-state index in [1.165, 1.54) is 19.3 Å². The van der Waals surface area contributed by atoms with Gasteiger partial charge in [-0.05, 0) is 75.6 Å². The Morgan fingerprint density at radius 2 is 2.00 bits per heavy atom. The molecule has 204 valence electrons. The summed E-state index contributed by atoms with van der Waals surface area (Å²) in [6.45, 7) is 2.53. The van der Waals surface area contributed by atoms with Gasteiger partial charge in [0.05, 0.1) is 11.7 Å². The van der Waals surface area contributed by atoms with E-state index in [0.717, 1.165) is 44.1 Å². The van der Waals surface area contributed by atoms with Gasteiger partial charge in [0.2, 0.25) is 5.91 Å². The molecule has 1 aromatic carbocycles. The number of carbonyl (C=O) groups excluding carboxylic acids is 1. The Labute approximate surface area is 222 Å². The molecule has 1 heterocycles. The second-order valence-electron chi connectivity index (χ2n) is 11.0. The third-order valence-electron chi connectivity index (χ3n) is 8.45. The largest absolute Gasteiger partial charge is 0.392 e. The van der Waals surface area contributed by atoms with Crippen molar-refractivity contribution in [2.24, 2.45) is 17.8 Å². The molecule has 1 amide bonds. The van der Waals surface area contributed by atoms with E-state index in [-0.39, 0.29) is 17.7 Å². The highest BCUT2D eigenvalue weighted by molar-refractivity contribution is 6.30. The number of amides is 1. The van der Waals surface area contributed by atoms with Crippen LogP contribution in [0.25, 0.3) is 0 Å². The summed E-state index contributed by atoms with van der Waals surface area (Å²) < 4.78 is 5.21. The van der Waals surface area contributed by atoms with Gasteiger partial charge < -0.3 is 25.2 Å². The average molecular weight is 523 g/mol. The van der Waals surface area contributed by atoms with E-state index in [1.807, 2.05) is 36.2 Å². The molecule has 0 unspecified atom stereocenters. The van der Waals surface area contributed by atoms with Crippen molar-refractivity contribution in [3.63, 3.8) is 0 Å². The highest BCUT2D eigenvalue weighted by atomic mass is 35.5. The van der Waals surface area contributed by atoms with Crippen molar-refractivity contribution < 1.29 is 19.7 Å². The van der Waals surface area contributed by atoms with E-state index in [1.54, 1.807) is 7.11 Å². The molecule has 0 radical (unpaired) electrons. The van der Waals surface area contributed by atoms with Crippen LogP contribution in [0.1, 0.15) is 76.2 Å². The summed E-state index contributed by atoms with van der Waals surface area (Å²) in [7, 11) is 3.58. The minimum atomic E-state index is -1.05. The molecule has 0 bridgehead atoms. The summed E-state index contributed by atoms with van der Waals surface area (Å²) in [5.74, 6) is 0.218. The van der Waals surface area contributed by atoms with Crippen LogP contribution in [0.15, 0.2) is 24.3 Å². The van der Waals surface area contributed by atoms with Gasteiger partial charge in [0.25, 0.3) is 0 Å². The summed E-state index contributed by atoms with van der Waals surface area (Å²) in [5.41, 5.74) is -0.226. The van der Waals surface area contributed by atoms with E-state index in [0.29, 0.717) is 50.0 Å². The molecule has 3 N–H and O–H groups in total. The maximum atomic E-state index is 13.5. The van der Waals surface area contributed by atoms with Crippen LogP contribution in [-0.2, 0) is 15.1 Å². The molecule has 0 aromatic heterocycles. The standard InChI is InChI=1S/C29H47ClN2O4/c1-31-20-23(28(34)22-10-4-3-5-11-22)18-27(33)32-16-9-13-25(21-32)29(35,15-6-7-17-36-2)24-12-8-14-26(30)19-24/h8,12,14,19,22-23,25,28,31,34-35H,3-7,9-11,13,15-18,20-21H2,1-2H3/t23-,25-,28+,29-/m1/s1. The van der Waals surface area contributed by atoms with Crippen molar-refractivity contribution in [2.75, 3.05) is 40.4 Å². The molecule has 1 aliphatic carbocycles. The highest BCUT2D eigenvalue weighted by Crippen LogP contribution is 2.41. The molecule has 1 saturated carbocycles. The zero-order valence-electron chi connectivity index (χ0n) is 22.3. The minimum absolute atomic E-state index is 0.0674. The molecule has 36 heavy (non-hydrogen) atoms. The van der Waals surface area contributed by atoms with E-state index in [2.05, 4.69) is 5.32 Å². The number of carbonyl (C=O) groups is 1. The fraction of sp³-hybridized carbons (Fsp3) is 0.759. The van der Waals surface area contributed by atoms with Gasteiger partial charge in [-0.3, -0.25) is 4.79 Å². The number of aliphatic hydroxyl groups excluding tert-OH is 1. The number of hydrogen-bond donors (Lipinski definition) is 3. The number of benzene rings is 1. The van der Waals surface area contributed by atoms with Gasteiger partial charge in [0.1, 0.15) is 0 Å². The minimum Gasteiger partial charge on any atom is -0.392 e. The molecule has 1 saturated heterocycles. The number of methoxy groups -OCH3 is 1. The van der Waals surface area contributed by atoms with Crippen molar-refractivity contribution in [1.29, 1.82) is 0 Å². The monoisotopic (exact) mass is 522 g/mol. The predicted molar refractivity (Wildman–Crippen MR) is 145 cm³/mol. The Hall–Kier alpha value is -1.18. The summed E-state index contributed by atoms with van der Waals surface area (Å²) in [5, 5.41) is 27.0. The summed E-state index contributed by atoms with van der Waals surface area (Å²) in [4.78, 5) is 15.4. The van der Waals surface area contributed by atoms with Crippen LogP contribution in [0.5, 0.6) is 0 Å². The summed E-state index contributed by atoms with van der Waals surface area (Å²) in [6.07, 6.45) is 9.61. The lowest BCUT2D eigenvalue weighted by molar-refractivity contribution is -0.139. The van der Waals surface area contributed by atoms with Crippen LogP contribution >= 0.6 is 11.6 Å². The molecule has 1 aliphatic heterocycles. The maximum absolute atomic E-state index is 13.5. The molecule has 6 nitrogen and oxygen atoms in total. The smallest absolute Gasteiger partial charge is 0.223 e. The van der Waals surface area contributed by atoms with Gasteiger partial charge in [0, 0.05) is 56.6 Å². The number of rotatable bonds is 13. The lowest BCUT2D eigenvalue weighted by atomic mass is 9.74. The lowest BCUT2D eigenvalue weighted by Crippen LogP contribution is -2.49. The third kappa shape index (κ3) is 7.91. The normalized spacial score (nSPS) is 22.7. The van der Waals surface area contributed by atoms with Crippen LogP contribution in [0.4, 0.5) is 0 Å². The third-order valence-corrected chi connectivity index (χ3v) is 8.68. The van der Waals surface area contributed by atoms with E-state index in [4.69, 9.17) is 16.3 Å². The number of nitrogens with one attached hydrogen (secondary N) is 1. The number of unbranched alkanes of at least 4 members (excludes halogenated alkanes) is 1. The zero-order valence-corrected chi connectivity index (χ0v) is 23.0. The molecule has 0 spiro atoms. The lowest BCUT2D eigenvalue weighted by Gasteiger charge is -2.43. The quantitative estimate of drug-likeness (QED) is 0.326. The Balaban J connectivity index is 1.71. The number of likely N-dealkylation sites (tertiary alicyclic amines) is 1. The van der Waals surface area contributed by atoms with Crippen molar-refractivity contribution in [1.82, 2.24) is 10.2 Å². The first-order valence-electron chi connectivity index (χ1n) is 14.0. The highest BCUT2D eigenvalue weighted by Gasteiger charge is 2.41. The Morgan fingerprint density at radius 1 is 1.22 bits per heavy atom. The number of nitrogens with zero attached hydrogens (tertiary/aromatic N) is 1. The van der Waals surface area contributed by atoms with Crippen LogP contribution in [0.2, 0.25) is 5.02 Å². The number of hydrogen-bond acceptors (Lipinski definition) is 5. The number of halogens is 1. The fourth-order valence-electron chi connectivity index (χ4n) is 6.37. The van der Waals surface area contributed by atoms with Crippen molar-refractivity contribution in [3.05, 3.63) is 34.9 Å². The van der Waals surface area contributed by atoms with Gasteiger partial charge in [-0.1, -0.05) is 43.0 Å². The number of ether oxygens (including phenoxy) is 1.